The number of hydrogen-bond acceptors (Lipinski definition) is 2. The lowest BCUT2D eigenvalue weighted by Crippen LogP contribution is -1.92. The quantitative estimate of drug-likeness (QED) is 0.258. The van der Waals surface area contributed by atoms with Crippen LogP contribution in [-0.4, -0.2) is 5.16 Å². The summed E-state index contributed by atoms with van der Waals surface area (Å²) < 4.78 is 14.3. The highest BCUT2D eigenvalue weighted by Gasteiger charge is 2.13. The molecule has 0 saturated carbocycles. The van der Waals surface area contributed by atoms with Crippen LogP contribution in [0.1, 0.15) is 37.3 Å². The van der Waals surface area contributed by atoms with Gasteiger partial charge in [0, 0.05) is 5.56 Å². The van der Waals surface area contributed by atoms with E-state index in [2.05, 4.69) is 56.4 Å². The molecule has 3 heteroatoms. The molecular formula is C25H26FNS. The van der Waals surface area contributed by atoms with Crippen LogP contribution >= 0.6 is 12.2 Å². The van der Waals surface area contributed by atoms with Crippen molar-refractivity contribution in [2.75, 3.05) is 0 Å². The van der Waals surface area contributed by atoms with Crippen LogP contribution in [0.4, 0.5) is 4.39 Å². The summed E-state index contributed by atoms with van der Waals surface area (Å²) in [7, 11) is 0. The van der Waals surface area contributed by atoms with Crippen LogP contribution in [0.2, 0.25) is 0 Å². The summed E-state index contributed by atoms with van der Waals surface area (Å²) in [5, 5.41) is 7.36. The highest BCUT2D eigenvalue weighted by molar-refractivity contribution is 7.78. The van der Waals surface area contributed by atoms with E-state index in [-0.39, 0.29) is 5.82 Å². The molecule has 0 fully saturated rings. The number of halogens is 1. The largest absolute Gasteiger partial charge is 0.248 e. The van der Waals surface area contributed by atoms with Crippen molar-refractivity contribution in [1.29, 1.82) is 5.41 Å². The van der Waals surface area contributed by atoms with E-state index in [1.54, 1.807) is 11.2 Å². The number of unbranched alkanes of at least 4 members (excludes halogenated alkanes) is 2. The minimum atomic E-state index is -0.175. The molecular weight excluding hydrogens is 365 g/mol. The van der Waals surface area contributed by atoms with Gasteiger partial charge in [-0.15, -0.1) is 0 Å². The highest BCUT2D eigenvalue weighted by Crippen LogP contribution is 2.36. The van der Waals surface area contributed by atoms with Crippen LogP contribution in [0.3, 0.4) is 0 Å². The zero-order valence-electron chi connectivity index (χ0n) is 16.5. The SMILES string of the molecule is CCCCCc1ccc(-c2c(C)cccc2-c2ccccc2F)cc1.N=C=S. The molecule has 3 rings (SSSR count). The molecule has 1 N–H and O–H groups in total. The third-order valence-corrected chi connectivity index (χ3v) is 4.75. The van der Waals surface area contributed by atoms with Gasteiger partial charge in [0.2, 0.25) is 0 Å². The Hall–Kier alpha value is -2.61. The molecule has 0 aliphatic heterocycles. The van der Waals surface area contributed by atoms with Gasteiger partial charge in [-0.1, -0.05) is 80.4 Å². The Labute approximate surface area is 172 Å². The fraction of sp³-hybridized carbons (Fsp3) is 0.240. The van der Waals surface area contributed by atoms with E-state index in [4.69, 9.17) is 5.41 Å². The van der Waals surface area contributed by atoms with Gasteiger partial charge >= 0.3 is 0 Å². The second-order valence-corrected chi connectivity index (χ2v) is 6.94. The van der Waals surface area contributed by atoms with E-state index in [0.29, 0.717) is 5.56 Å². The number of isothiocyanates is 1. The van der Waals surface area contributed by atoms with Crippen LogP contribution in [0.15, 0.2) is 66.7 Å². The minimum absolute atomic E-state index is 0.175. The molecule has 3 aromatic rings. The lowest BCUT2D eigenvalue weighted by molar-refractivity contribution is 0.631. The number of nitrogens with one attached hydrogen (secondary N) is 1. The van der Waals surface area contributed by atoms with E-state index in [1.807, 2.05) is 24.3 Å². The first kappa shape index (κ1) is 21.7. The zero-order chi connectivity index (χ0) is 20.4. The van der Waals surface area contributed by atoms with E-state index in [9.17, 15) is 4.39 Å². The molecule has 0 aromatic heterocycles. The number of aryl methyl sites for hydroxylation is 2. The summed E-state index contributed by atoms with van der Waals surface area (Å²) in [6, 6.07) is 21.9. The molecule has 3 aromatic carbocycles. The first-order chi connectivity index (χ1) is 13.6. The second-order valence-electron chi connectivity index (χ2n) is 6.73. The van der Waals surface area contributed by atoms with Gasteiger partial charge in [0.15, 0.2) is 0 Å². The van der Waals surface area contributed by atoms with Crippen molar-refractivity contribution in [3.63, 3.8) is 0 Å². The minimum Gasteiger partial charge on any atom is -0.248 e. The van der Waals surface area contributed by atoms with Crippen LogP contribution in [0, 0.1) is 18.2 Å². The summed E-state index contributed by atoms with van der Waals surface area (Å²) >= 11 is 3.81. The first-order valence-corrected chi connectivity index (χ1v) is 10.0. The fourth-order valence-electron chi connectivity index (χ4n) is 3.37. The molecule has 1 nitrogen and oxygen atoms in total. The van der Waals surface area contributed by atoms with Crippen molar-refractivity contribution in [3.8, 4) is 22.3 Å². The Morgan fingerprint density at radius 2 is 1.54 bits per heavy atom. The van der Waals surface area contributed by atoms with Crippen molar-refractivity contribution in [3.05, 3.63) is 83.7 Å². The van der Waals surface area contributed by atoms with Gasteiger partial charge in [0.05, 0.1) is 5.16 Å². The van der Waals surface area contributed by atoms with Gasteiger partial charge in [-0.2, -0.15) is 0 Å². The van der Waals surface area contributed by atoms with Crippen molar-refractivity contribution in [2.24, 2.45) is 0 Å². The maximum absolute atomic E-state index is 14.3. The van der Waals surface area contributed by atoms with Gasteiger partial charge in [0.25, 0.3) is 0 Å². The van der Waals surface area contributed by atoms with Gasteiger partial charge in [-0.25, -0.2) is 9.80 Å². The smallest absolute Gasteiger partial charge is 0.131 e. The van der Waals surface area contributed by atoms with E-state index in [1.165, 1.54) is 36.5 Å². The van der Waals surface area contributed by atoms with Gasteiger partial charge in [0.1, 0.15) is 5.82 Å². The third kappa shape index (κ3) is 5.69. The van der Waals surface area contributed by atoms with Crippen molar-refractivity contribution in [2.45, 2.75) is 39.5 Å². The Morgan fingerprint density at radius 1 is 0.893 bits per heavy atom. The molecule has 0 heterocycles. The monoisotopic (exact) mass is 391 g/mol. The fourth-order valence-corrected chi connectivity index (χ4v) is 3.37. The van der Waals surface area contributed by atoms with Crippen molar-refractivity contribution in [1.82, 2.24) is 0 Å². The molecule has 144 valence electrons. The molecule has 0 radical (unpaired) electrons. The second kappa shape index (κ2) is 11.3. The van der Waals surface area contributed by atoms with Crippen LogP contribution in [0.25, 0.3) is 22.3 Å². The lowest BCUT2D eigenvalue weighted by atomic mass is 9.90. The number of thiocarbonyl (C=S) groups is 1. The summed E-state index contributed by atoms with van der Waals surface area (Å²) in [6.07, 6.45) is 4.88. The number of rotatable bonds is 6. The standard InChI is InChI=1S/C24H25F.CHNS/c1-3-4-5-10-19-14-16-20(17-15-19)24-18(2)9-8-12-22(24)21-11-6-7-13-23(21)25;2-1-3/h6-9,11-17H,3-5,10H2,1-2H3;2H. The molecule has 0 spiro atoms. The lowest BCUT2D eigenvalue weighted by Gasteiger charge is -2.14. The van der Waals surface area contributed by atoms with Crippen molar-refractivity contribution < 1.29 is 4.39 Å². The van der Waals surface area contributed by atoms with E-state index >= 15 is 0 Å². The van der Waals surface area contributed by atoms with Crippen molar-refractivity contribution >= 4 is 17.4 Å². The van der Waals surface area contributed by atoms with E-state index < -0.39 is 0 Å². The summed E-state index contributed by atoms with van der Waals surface area (Å²) in [4.78, 5) is 0. The van der Waals surface area contributed by atoms with Gasteiger partial charge in [-0.3, -0.25) is 0 Å². The average Bonchev–Trinajstić information content (AvgIpc) is 2.70. The molecule has 0 bridgehead atoms. The third-order valence-electron chi connectivity index (χ3n) is 4.75. The Bertz CT molecular complexity index is 926. The average molecular weight is 392 g/mol. The normalized spacial score (nSPS) is 9.96. The number of hydrogen-bond donors (Lipinski definition) is 1. The maximum atomic E-state index is 14.3. The summed E-state index contributed by atoms with van der Waals surface area (Å²) in [5.74, 6) is -0.175. The molecule has 0 aliphatic rings. The predicted molar refractivity (Wildman–Crippen MR) is 121 cm³/mol. The number of benzene rings is 3. The summed E-state index contributed by atoms with van der Waals surface area (Å²) in [6.45, 7) is 4.32. The highest BCUT2D eigenvalue weighted by atomic mass is 32.1. The molecule has 0 saturated heterocycles. The Morgan fingerprint density at radius 3 is 2.18 bits per heavy atom. The van der Waals surface area contributed by atoms with Crippen LogP contribution < -0.4 is 0 Å². The topological polar surface area (TPSA) is 23.9 Å². The maximum Gasteiger partial charge on any atom is 0.131 e. The van der Waals surface area contributed by atoms with Gasteiger partial charge < -0.3 is 0 Å². The van der Waals surface area contributed by atoms with Crippen LogP contribution in [-0.2, 0) is 6.42 Å². The molecule has 0 atom stereocenters. The Kier molecular flexibility index (Phi) is 8.74. The molecule has 0 amide bonds. The zero-order valence-corrected chi connectivity index (χ0v) is 17.3. The molecule has 28 heavy (non-hydrogen) atoms. The van der Waals surface area contributed by atoms with Gasteiger partial charge in [-0.05, 0) is 65.9 Å². The molecule has 0 unspecified atom stereocenters. The predicted octanol–water partition coefficient (Wildman–Crippen LogP) is 7.87. The molecule has 0 aliphatic carbocycles. The van der Waals surface area contributed by atoms with Crippen LogP contribution in [0.5, 0.6) is 0 Å². The summed E-state index contributed by atoms with van der Waals surface area (Å²) in [5.41, 5.74) is 6.42. The first-order valence-electron chi connectivity index (χ1n) is 9.60. The Balaban J connectivity index is 0.000000878. The van der Waals surface area contributed by atoms with E-state index in [0.717, 1.165) is 23.1 Å².